The van der Waals surface area contributed by atoms with Crippen molar-refractivity contribution in [1.82, 2.24) is 0 Å². The molecule has 1 aliphatic carbocycles. The molecule has 11 heavy (non-hydrogen) atoms. The van der Waals surface area contributed by atoms with Gasteiger partial charge in [-0.3, -0.25) is 0 Å². The Labute approximate surface area is 80.3 Å². The Balaban J connectivity index is 2.51. The molecule has 0 aromatic rings. The van der Waals surface area contributed by atoms with E-state index in [0.717, 1.165) is 6.42 Å². The number of azide groups is 1. The Morgan fingerprint density at radius 3 is 2.73 bits per heavy atom. The van der Waals surface area contributed by atoms with Crippen LogP contribution < -0.4 is 0 Å². The summed E-state index contributed by atoms with van der Waals surface area (Å²) in [6, 6.07) is 0.253. The van der Waals surface area contributed by atoms with Crippen molar-refractivity contribution >= 4 is 22.6 Å². The van der Waals surface area contributed by atoms with Crippen LogP contribution in [0.1, 0.15) is 32.1 Å². The molecule has 0 radical (unpaired) electrons. The summed E-state index contributed by atoms with van der Waals surface area (Å²) < 4.78 is 0.561. The van der Waals surface area contributed by atoms with Gasteiger partial charge < -0.3 is 0 Å². The Morgan fingerprint density at radius 2 is 2.00 bits per heavy atom. The molecule has 0 N–H and O–H groups in total. The molecule has 0 aromatic carbocycles. The molecule has 0 aliphatic heterocycles. The largest absolute Gasteiger partial charge is 0.0895 e. The molecule has 1 fully saturated rings. The highest BCUT2D eigenvalue weighted by atomic mass is 127. The summed E-state index contributed by atoms with van der Waals surface area (Å²) in [7, 11) is 0. The third-order valence-corrected chi connectivity index (χ3v) is 3.55. The maximum absolute atomic E-state index is 8.28. The first-order chi connectivity index (χ1) is 5.34. The predicted molar refractivity (Wildman–Crippen MR) is 53.8 cm³/mol. The zero-order chi connectivity index (χ0) is 8.10. The van der Waals surface area contributed by atoms with E-state index in [-0.39, 0.29) is 6.04 Å². The van der Waals surface area contributed by atoms with Crippen molar-refractivity contribution in [3.05, 3.63) is 10.4 Å². The minimum Gasteiger partial charge on any atom is -0.0895 e. The summed E-state index contributed by atoms with van der Waals surface area (Å²) in [6.45, 7) is 0. The quantitative estimate of drug-likeness (QED) is 0.174. The van der Waals surface area contributed by atoms with Crippen LogP contribution in [-0.4, -0.2) is 9.97 Å². The first kappa shape index (κ1) is 9.13. The number of hydrogen-bond donors (Lipinski definition) is 0. The summed E-state index contributed by atoms with van der Waals surface area (Å²) in [6.07, 6.45) is 6.12. The molecule has 0 amide bonds. The third kappa shape index (κ3) is 2.87. The summed E-state index contributed by atoms with van der Waals surface area (Å²) in [5, 5.41) is 3.80. The minimum atomic E-state index is 0.253. The highest BCUT2D eigenvalue weighted by Crippen LogP contribution is 2.26. The Morgan fingerprint density at radius 1 is 1.27 bits per heavy atom. The maximum atomic E-state index is 8.28. The number of rotatable bonds is 1. The van der Waals surface area contributed by atoms with Gasteiger partial charge in [0.1, 0.15) is 0 Å². The van der Waals surface area contributed by atoms with Crippen LogP contribution in [0.25, 0.3) is 10.4 Å². The van der Waals surface area contributed by atoms with Crippen LogP contribution in [-0.2, 0) is 0 Å². The topological polar surface area (TPSA) is 48.8 Å². The highest BCUT2D eigenvalue weighted by molar-refractivity contribution is 14.1. The molecule has 3 nitrogen and oxygen atoms in total. The van der Waals surface area contributed by atoms with Crippen LogP contribution in [0.3, 0.4) is 0 Å². The van der Waals surface area contributed by atoms with Crippen molar-refractivity contribution < 1.29 is 0 Å². The smallest absolute Gasteiger partial charge is 0.0491 e. The van der Waals surface area contributed by atoms with Gasteiger partial charge in [0, 0.05) is 14.9 Å². The van der Waals surface area contributed by atoms with Crippen LogP contribution in [0, 0.1) is 0 Å². The van der Waals surface area contributed by atoms with Gasteiger partial charge in [-0.25, -0.2) is 0 Å². The maximum Gasteiger partial charge on any atom is 0.0491 e. The van der Waals surface area contributed by atoms with Crippen molar-refractivity contribution in [1.29, 1.82) is 0 Å². The molecule has 0 bridgehead atoms. The lowest BCUT2D eigenvalue weighted by Crippen LogP contribution is -2.15. The fraction of sp³-hybridized carbons (Fsp3) is 1.00. The molecular weight excluding hydrogens is 253 g/mol. The number of halogens is 1. The van der Waals surface area contributed by atoms with E-state index in [0.29, 0.717) is 3.92 Å². The van der Waals surface area contributed by atoms with Crippen molar-refractivity contribution in [2.24, 2.45) is 5.11 Å². The number of alkyl halides is 1. The molecule has 1 saturated carbocycles. The SMILES string of the molecule is [N-]=[N+]=N[C@@H]1CCCCC[C@H]1I. The van der Waals surface area contributed by atoms with Crippen LogP contribution >= 0.6 is 22.6 Å². The lowest BCUT2D eigenvalue weighted by atomic mass is 10.1. The van der Waals surface area contributed by atoms with Crippen LogP contribution in [0.15, 0.2) is 5.11 Å². The van der Waals surface area contributed by atoms with E-state index in [4.69, 9.17) is 5.53 Å². The molecule has 0 aromatic heterocycles. The van der Waals surface area contributed by atoms with Crippen molar-refractivity contribution in [3.63, 3.8) is 0 Å². The zero-order valence-electron chi connectivity index (χ0n) is 6.41. The van der Waals surface area contributed by atoms with E-state index in [9.17, 15) is 0 Å². The Kier molecular flexibility index (Phi) is 4.01. The van der Waals surface area contributed by atoms with Crippen molar-refractivity contribution in [2.75, 3.05) is 0 Å². The summed E-state index contributed by atoms with van der Waals surface area (Å²) in [5.74, 6) is 0. The predicted octanol–water partition coefficient (Wildman–Crippen LogP) is 3.43. The molecule has 0 spiro atoms. The summed E-state index contributed by atoms with van der Waals surface area (Å²) in [4.78, 5) is 2.87. The van der Waals surface area contributed by atoms with Crippen LogP contribution in [0.2, 0.25) is 0 Å². The minimum absolute atomic E-state index is 0.253. The van der Waals surface area contributed by atoms with Crippen molar-refractivity contribution in [3.8, 4) is 0 Å². The van der Waals surface area contributed by atoms with Gasteiger partial charge in [-0.1, -0.05) is 47.0 Å². The van der Waals surface area contributed by atoms with E-state index < -0.39 is 0 Å². The third-order valence-electron chi connectivity index (χ3n) is 2.10. The average molecular weight is 265 g/mol. The van der Waals surface area contributed by atoms with Gasteiger partial charge in [-0.05, 0) is 18.4 Å². The number of nitrogens with zero attached hydrogens (tertiary/aromatic N) is 3. The van der Waals surface area contributed by atoms with Gasteiger partial charge in [0.05, 0.1) is 0 Å². The molecule has 62 valence electrons. The Hall–Kier alpha value is 0.0400. The first-order valence-electron chi connectivity index (χ1n) is 4.03. The normalized spacial score (nSPS) is 32.1. The number of hydrogen-bond acceptors (Lipinski definition) is 1. The molecule has 2 atom stereocenters. The second-order valence-electron chi connectivity index (χ2n) is 2.93. The van der Waals surface area contributed by atoms with Gasteiger partial charge in [0.15, 0.2) is 0 Å². The second-order valence-corrected chi connectivity index (χ2v) is 4.53. The van der Waals surface area contributed by atoms with Crippen molar-refractivity contribution in [2.45, 2.75) is 42.1 Å². The standard InChI is InChI=1S/C7H12IN3/c8-6-4-2-1-3-5-7(6)10-11-9/h6-7H,1-5H2/t6-,7-/m1/s1. The van der Waals surface area contributed by atoms with E-state index in [1.807, 2.05) is 0 Å². The fourth-order valence-electron chi connectivity index (χ4n) is 1.44. The molecule has 1 rings (SSSR count). The van der Waals surface area contributed by atoms with E-state index >= 15 is 0 Å². The molecular formula is C7H12IN3. The summed E-state index contributed by atoms with van der Waals surface area (Å²) >= 11 is 2.40. The molecule has 1 aliphatic rings. The monoisotopic (exact) mass is 265 g/mol. The van der Waals surface area contributed by atoms with Crippen LogP contribution in [0.5, 0.6) is 0 Å². The first-order valence-corrected chi connectivity index (χ1v) is 5.27. The zero-order valence-corrected chi connectivity index (χ0v) is 8.57. The van der Waals surface area contributed by atoms with Gasteiger partial charge >= 0.3 is 0 Å². The summed E-state index contributed by atoms with van der Waals surface area (Å²) in [5.41, 5.74) is 8.28. The molecule has 0 unspecified atom stereocenters. The van der Waals surface area contributed by atoms with E-state index in [1.54, 1.807) is 0 Å². The molecule has 4 heteroatoms. The lowest BCUT2D eigenvalue weighted by Gasteiger charge is -2.12. The van der Waals surface area contributed by atoms with E-state index in [1.165, 1.54) is 25.7 Å². The van der Waals surface area contributed by atoms with Gasteiger partial charge in [0.2, 0.25) is 0 Å². The average Bonchev–Trinajstić information content (AvgIpc) is 2.18. The Bertz CT molecular complexity index is 165. The fourth-order valence-corrected chi connectivity index (χ4v) is 2.38. The van der Waals surface area contributed by atoms with Gasteiger partial charge in [-0.2, -0.15) is 0 Å². The van der Waals surface area contributed by atoms with Gasteiger partial charge in [-0.15, -0.1) is 0 Å². The van der Waals surface area contributed by atoms with Gasteiger partial charge in [0.25, 0.3) is 0 Å². The van der Waals surface area contributed by atoms with Crippen LogP contribution in [0.4, 0.5) is 0 Å². The molecule has 0 saturated heterocycles. The second kappa shape index (κ2) is 4.83. The lowest BCUT2D eigenvalue weighted by molar-refractivity contribution is 0.606. The molecule has 0 heterocycles. The van der Waals surface area contributed by atoms with E-state index in [2.05, 4.69) is 32.6 Å². The highest BCUT2D eigenvalue weighted by Gasteiger charge is 2.19.